The Morgan fingerprint density at radius 1 is 1.17 bits per heavy atom. The molecule has 5 heteroatoms. The van der Waals surface area contributed by atoms with Gasteiger partial charge in [0.1, 0.15) is 11.6 Å². The zero-order valence-corrected chi connectivity index (χ0v) is 13.3. The molecule has 1 aliphatic rings. The van der Waals surface area contributed by atoms with Crippen LogP contribution in [0.1, 0.15) is 28.8 Å². The molecule has 24 heavy (non-hydrogen) atoms. The van der Waals surface area contributed by atoms with E-state index in [1.807, 2.05) is 0 Å². The Morgan fingerprint density at radius 2 is 2.00 bits per heavy atom. The highest BCUT2D eigenvalue weighted by molar-refractivity contribution is 5.94. The molecule has 0 aromatic heterocycles. The second kappa shape index (κ2) is 7.53. The van der Waals surface area contributed by atoms with E-state index in [1.165, 1.54) is 24.3 Å². The molecule has 1 atom stereocenters. The largest absolute Gasteiger partial charge is 0.372 e. The molecule has 1 saturated heterocycles. The Labute approximate surface area is 139 Å². The third-order valence-corrected chi connectivity index (χ3v) is 4.17. The maximum Gasteiger partial charge on any atom is 0.254 e. The minimum atomic E-state index is -0.426. The predicted molar refractivity (Wildman–Crippen MR) is 86.5 cm³/mol. The summed E-state index contributed by atoms with van der Waals surface area (Å²) in [5.41, 5.74) is 0.843. The number of likely N-dealkylation sites (tertiary alicyclic amines) is 1. The van der Waals surface area contributed by atoms with Crippen molar-refractivity contribution in [2.45, 2.75) is 25.6 Å². The molecule has 0 aliphatic carbocycles. The van der Waals surface area contributed by atoms with Crippen molar-refractivity contribution in [3.05, 3.63) is 71.3 Å². The van der Waals surface area contributed by atoms with Gasteiger partial charge >= 0.3 is 0 Å². The third-order valence-electron chi connectivity index (χ3n) is 4.17. The Bertz CT molecular complexity index is 720. The monoisotopic (exact) mass is 331 g/mol. The summed E-state index contributed by atoms with van der Waals surface area (Å²) in [5, 5.41) is 0. The van der Waals surface area contributed by atoms with Crippen LogP contribution in [0.25, 0.3) is 0 Å². The SMILES string of the molecule is O=C(c1cccc(F)c1)N1CCCC(OCc2ccccc2F)C1. The van der Waals surface area contributed by atoms with Gasteiger partial charge in [-0.1, -0.05) is 24.3 Å². The molecule has 3 rings (SSSR count). The van der Waals surface area contributed by atoms with E-state index in [1.54, 1.807) is 29.2 Å². The van der Waals surface area contributed by atoms with E-state index in [4.69, 9.17) is 4.74 Å². The van der Waals surface area contributed by atoms with E-state index in [9.17, 15) is 13.6 Å². The molecule has 1 aliphatic heterocycles. The van der Waals surface area contributed by atoms with Crippen molar-refractivity contribution in [2.24, 2.45) is 0 Å². The van der Waals surface area contributed by atoms with Crippen molar-refractivity contribution in [1.82, 2.24) is 4.90 Å². The van der Waals surface area contributed by atoms with Gasteiger partial charge in [0.25, 0.3) is 5.91 Å². The number of piperidine rings is 1. The lowest BCUT2D eigenvalue weighted by molar-refractivity contribution is -0.00762. The standard InChI is InChI=1S/C19H19F2NO2/c20-16-7-3-6-14(11-16)19(23)22-10-4-8-17(12-22)24-13-15-5-1-2-9-18(15)21/h1-3,5-7,9,11,17H,4,8,10,12-13H2. The van der Waals surface area contributed by atoms with Gasteiger partial charge in [0.2, 0.25) is 0 Å². The number of carbonyl (C=O) groups is 1. The summed E-state index contributed by atoms with van der Waals surface area (Å²) in [6.45, 7) is 1.23. The topological polar surface area (TPSA) is 29.5 Å². The molecule has 1 unspecified atom stereocenters. The van der Waals surface area contributed by atoms with Gasteiger partial charge in [-0.15, -0.1) is 0 Å². The fourth-order valence-electron chi connectivity index (χ4n) is 2.89. The van der Waals surface area contributed by atoms with Crippen LogP contribution in [-0.2, 0) is 11.3 Å². The Morgan fingerprint density at radius 3 is 2.79 bits per heavy atom. The van der Waals surface area contributed by atoms with Gasteiger partial charge in [0.05, 0.1) is 12.7 Å². The molecule has 1 amide bonds. The first-order valence-electron chi connectivity index (χ1n) is 8.03. The molecule has 126 valence electrons. The summed E-state index contributed by atoms with van der Waals surface area (Å²) < 4.78 is 32.7. The third kappa shape index (κ3) is 3.97. The molecule has 2 aromatic rings. The van der Waals surface area contributed by atoms with Crippen LogP contribution >= 0.6 is 0 Å². The lowest BCUT2D eigenvalue weighted by Crippen LogP contribution is -2.43. The Balaban J connectivity index is 1.60. The van der Waals surface area contributed by atoms with Gasteiger partial charge in [-0.2, -0.15) is 0 Å². The highest BCUT2D eigenvalue weighted by Gasteiger charge is 2.25. The summed E-state index contributed by atoms with van der Waals surface area (Å²) in [7, 11) is 0. The van der Waals surface area contributed by atoms with Crippen molar-refractivity contribution in [1.29, 1.82) is 0 Å². The molecule has 1 heterocycles. The fraction of sp³-hybridized carbons (Fsp3) is 0.316. The minimum absolute atomic E-state index is 0.143. The lowest BCUT2D eigenvalue weighted by Gasteiger charge is -2.32. The first-order valence-corrected chi connectivity index (χ1v) is 8.03. The number of halogens is 2. The number of nitrogens with zero attached hydrogens (tertiary/aromatic N) is 1. The summed E-state index contributed by atoms with van der Waals surface area (Å²) in [5.74, 6) is -0.917. The first-order chi connectivity index (χ1) is 11.6. The van der Waals surface area contributed by atoms with Gasteiger partial charge in [-0.05, 0) is 37.1 Å². The minimum Gasteiger partial charge on any atom is -0.372 e. The molecule has 1 fully saturated rings. The maximum atomic E-state index is 13.6. The van der Waals surface area contributed by atoms with E-state index in [0.717, 1.165) is 12.8 Å². The number of hydrogen-bond acceptors (Lipinski definition) is 2. The van der Waals surface area contributed by atoms with Gasteiger partial charge < -0.3 is 9.64 Å². The van der Waals surface area contributed by atoms with Crippen LogP contribution in [0, 0.1) is 11.6 Å². The van der Waals surface area contributed by atoms with Crippen LogP contribution in [0.5, 0.6) is 0 Å². The predicted octanol–water partition coefficient (Wildman–Crippen LogP) is 3.79. The molecule has 0 bridgehead atoms. The molecular weight excluding hydrogens is 312 g/mol. The average molecular weight is 331 g/mol. The smallest absolute Gasteiger partial charge is 0.254 e. The van der Waals surface area contributed by atoms with Crippen LogP contribution < -0.4 is 0 Å². The van der Waals surface area contributed by atoms with E-state index in [0.29, 0.717) is 24.2 Å². The van der Waals surface area contributed by atoms with Crippen molar-refractivity contribution < 1.29 is 18.3 Å². The number of ether oxygens (including phenoxy) is 1. The zero-order valence-electron chi connectivity index (χ0n) is 13.3. The molecule has 2 aromatic carbocycles. The van der Waals surface area contributed by atoms with Gasteiger partial charge in [-0.25, -0.2) is 8.78 Å². The highest BCUT2D eigenvalue weighted by atomic mass is 19.1. The molecule has 0 N–H and O–H groups in total. The van der Waals surface area contributed by atoms with Gasteiger partial charge in [0, 0.05) is 24.2 Å². The van der Waals surface area contributed by atoms with Crippen LogP contribution in [-0.4, -0.2) is 30.0 Å². The van der Waals surface area contributed by atoms with Gasteiger partial charge in [-0.3, -0.25) is 4.79 Å². The molecule has 3 nitrogen and oxygen atoms in total. The molecular formula is C19H19F2NO2. The van der Waals surface area contributed by atoms with E-state index < -0.39 is 5.82 Å². The first kappa shape index (κ1) is 16.6. The molecule has 0 radical (unpaired) electrons. The normalized spacial score (nSPS) is 17.8. The van der Waals surface area contributed by atoms with E-state index in [2.05, 4.69) is 0 Å². The van der Waals surface area contributed by atoms with Crippen molar-refractivity contribution in [3.8, 4) is 0 Å². The summed E-state index contributed by atoms with van der Waals surface area (Å²) >= 11 is 0. The maximum absolute atomic E-state index is 13.6. The Kier molecular flexibility index (Phi) is 5.20. The van der Waals surface area contributed by atoms with Crippen molar-refractivity contribution in [3.63, 3.8) is 0 Å². The van der Waals surface area contributed by atoms with Crippen LogP contribution in [0.3, 0.4) is 0 Å². The average Bonchev–Trinajstić information content (AvgIpc) is 2.61. The van der Waals surface area contributed by atoms with Gasteiger partial charge in [0.15, 0.2) is 0 Å². The van der Waals surface area contributed by atoms with Crippen LogP contribution in [0.4, 0.5) is 8.78 Å². The van der Waals surface area contributed by atoms with E-state index >= 15 is 0 Å². The number of amides is 1. The summed E-state index contributed by atoms with van der Waals surface area (Å²) in [4.78, 5) is 14.1. The van der Waals surface area contributed by atoms with Crippen LogP contribution in [0.15, 0.2) is 48.5 Å². The van der Waals surface area contributed by atoms with E-state index in [-0.39, 0.29) is 24.4 Å². The lowest BCUT2D eigenvalue weighted by atomic mass is 10.1. The number of rotatable bonds is 4. The summed E-state index contributed by atoms with van der Waals surface area (Å²) in [6.07, 6.45) is 1.49. The fourth-order valence-corrected chi connectivity index (χ4v) is 2.89. The quantitative estimate of drug-likeness (QED) is 0.853. The second-order valence-electron chi connectivity index (χ2n) is 5.93. The summed E-state index contributed by atoms with van der Waals surface area (Å²) in [6, 6.07) is 12.2. The number of hydrogen-bond donors (Lipinski definition) is 0. The second-order valence-corrected chi connectivity index (χ2v) is 5.93. The number of benzene rings is 2. The zero-order chi connectivity index (χ0) is 16.9. The molecule has 0 saturated carbocycles. The Hall–Kier alpha value is -2.27. The number of carbonyl (C=O) groups excluding carboxylic acids is 1. The highest BCUT2D eigenvalue weighted by Crippen LogP contribution is 2.18. The van der Waals surface area contributed by atoms with Crippen molar-refractivity contribution in [2.75, 3.05) is 13.1 Å². The van der Waals surface area contributed by atoms with Crippen molar-refractivity contribution >= 4 is 5.91 Å². The molecule has 0 spiro atoms. The van der Waals surface area contributed by atoms with Crippen LogP contribution in [0.2, 0.25) is 0 Å².